The van der Waals surface area contributed by atoms with Crippen LogP contribution in [0.5, 0.6) is 5.75 Å². The number of hydrogen-bond acceptors (Lipinski definition) is 4. The van der Waals surface area contributed by atoms with Crippen LogP contribution < -0.4 is 15.6 Å². The van der Waals surface area contributed by atoms with Gasteiger partial charge in [-0.2, -0.15) is 0 Å². The van der Waals surface area contributed by atoms with Crippen LogP contribution in [0.15, 0.2) is 46.3 Å². The lowest BCUT2D eigenvalue weighted by Gasteiger charge is -2.08. The van der Waals surface area contributed by atoms with Crippen molar-refractivity contribution >= 4 is 45.2 Å². The molecule has 0 unspecified atom stereocenters. The summed E-state index contributed by atoms with van der Waals surface area (Å²) in [6.07, 6.45) is 3.97. The van der Waals surface area contributed by atoms with Crippen molar-refractivity contribution in [2.75, 3.05) is 6.61 Å². The maximum Gasteiger partial charge on any atom is 0.276 e. The Kier molecular flexibility index (Phi) is 7.02. The van der Waals surface area contributed by atoms with Crippen molar-refractivity contribution < 1.29 is 14.3 Å². The normalized spacial score (nSPS) is 10.6. The van der Waals surface area contributed by atoms with Crippen LogP contribution >= 0.6 is 27.3 Å². The van der Waals surface area contributed by atoms with Gasteiger partial charge in [0.05, 0.1) is 3.79 Å². The van der Waals surface area contributed by atoms with Gasteiger partial charge in [-0.1, -0.05) is 19.1 Å². The molecule has 7 heteroatoms. The molecule has 0 atom stereocenters. The van der Waals surface area contributed by atoms with E-state index in [-0.39, 0.29) is 6.61 Å². The largest absolute Gasteiger partial charge is 0.484 e. The molecule has 0 aliphatic rings. The van der Waals surface area contributed by atoms with Crippen molar-refractivity contribution in [1.29, 1.82) is 0 Å². The van der Waals surface area contributed by atoms with E-state index in [1.54, 1.807) is 6.08 Å². The van der Waals surface area contributed by atoms with Gasteiger partial charge in [0.25, 0.3) is 11.8 Å². The molecule has 0 saturated heterocycles. The number of aryl methyl sites for hydroxylation is 1. The maximum absolute atomic E-state index is 11.6. The zero-order valence-electron chi connectivity index (χ0n) is 13.0. The third-order valence-electron chi connectivity index (χ3n) is 3.02. The number of hydrogen-bond donors (Lipinski definition) is 2. The summed E-state index contributed by atoms with van der Waals surface area (Å²) in [6.45, 7) is 1.89. The Balaban J connectivity index is 1.70. The molecule has 2 N–H and O–H groups in total. The van der Waals surface area contributed by atoms with Crippen LogP contribution in [0.3, 0.4) is 0 Å². The Morgan fingerprint density at radius 1 is 1.17 bits per heavy atom. The molecule has 1 aromatic carbocycles. The molecule has 1 heterocycles. The van der Waals surface area contributed by atoms with Gasteiger partial charge in [-0.25, -0.2) is 0 Å². The van der Waals surface area contributed by atoms with E-state index in [1.807, 2.05) is 36.4 Å². The van der Waals surface area contributed by atoms with E-state index in [2.05, 4.69) is 33.7 Å². The van der Waals surface area contributed by atoms with Crippen molar-refractivity contribution in [1.82, 2.24) is 10.9 Å². The van der Waals surface area contributed by atoms with Crippen LogP contribution in [-0.4, -0.2) is 18.4 Å². The average molecular weight is 409 g/mol. The SMILES string of the molecule is CCc1ccc(OCC(=O)NNC(=O)/C=C/c2ccc(Br)s2)cc1. The lowest BCUT2D eigenvalue weighted by molar-refractivity contribution is -0.128. The van der Waals surface area contributed by atoms with Gasteiger partial charge in [0.1, 0.15) is 5.75 Å². The highest BCUT2D eigenvalue weighted by molar-refractivity contribution is 9.11. The highest BCUT2D eigenvalue weighted by atomic mass is 79.9. The van der Waals surface area contributed by atoms with Crippen LogP contribution in [0.1, 0.15) is 17.4 Å². The molecule has 0 saturated carbocycles. The first-order valence-electron chi connectivity index (χ1n) is 7.31. The second kappa shape index (κ2) is 9.24. The van der Waals surface area contributed by atoms with E-state index < -0.39 is 11.8 Å². The van der Waals surface area contributed by atoms with Gasteiger partial charge >= 0.3 is 0 Å². The molecule has 2 amide bonds. The van der Waals surface area contributed by atoms with Crippen molar-refractivity contribution in [3.05, 3.63) is 56.7 Å². The fraction of sp³-hybridized carbons (Fsp3) is 0.176. The Morgan fingerprint density at radius 2 is 1.92 bits per heavy atom. The summed E-state index contributed by atoms with van der Waals surface area (Å²) in [4.78, 5) is 24.2. The van der Waals surface area contributed by atoms with E-state index in [9.17, 15) is 9.59 Å². The molecule has 5 nitrogen and oxygen atoms in total. The lowest BCUT2D eigenvalue weighted by Crippen LogP contribution is -2.43. The fourth-order valence-electron chi connectivity index (χ4n) is 1.75. The third-order valence-corrected chi connectivity index (χ3v) is 4.61. The molecule has 126 valence electrons. The van der Waals surface area contributed by atoms with E-state index in [0.29, 0.717) is 5.75 Å². The molecule has 0 aliphatic heterocycles. The number of thiophene rings is 1. The smallest absolute Gasteiger partial charge is 0.276 e. The molecule has 0 spiro atoms. The highest BCUT2D eigenvalue weighted by Gasteiger charge is 2.04. The third kappa shape index (κ3) is 6.17. The minimum absolute atomic E-state index is 0.173. The van der Waals surface area contributed by atoms with Gasteiger partial charge in [0.2, 0.25) is 0 Å². The van der Waals surface area contributed by atoms with Crippen molar-refractivity contribution in [3.8, 4) is 5.75 Å². The summed E-state index contributed by atoms with van der Waals surface area (Å²) in [6, 6.07) is 11.3. The summed E-state index contributed by atoms with van der Waals surface area (Å²) < 4.78 is 6.33. The maximum atomic E-state index is 11.6. The predicted octanol–water partition coefficient (Wildman–Crippen LogP) is 3.31. The molecule has 1 aromatic heterocycles. The summed E-state index contributed by atoms with van der Waals surface area (Å²) in [5, 5.41) is 0. The van der Waals surface area contributed by atoms with Gasteiger partial charge in [-0.15, -0.1) is 11.3 Å². The number of benzene rings is 1. The molecule has 0 fully saturated rings. The summed E-state index contributed by atoms with van der Waals surface area (Å²) in [7, 11) is 0. The van der Waals surface area contributed by atoms with Crippen LogP contribution in [0, 0.1) is 0 Å². The molecular weight excluding hydrogens is 392 g/mol. The van der Waals surface area contributed by atoms with Crippen molar-refractivity contribution in [3.63, 3.8) is 0 Å². The highest BCUT2D eigenvalue weighted by Crippen LogP contribution is 2.22. The molecule has 24 heavy (non-hydrogen) atoms. The minimum Gasteiger partial charge on any atom is -0.484 e. The van der Waals surface area contributed by atoms with Crippen LogP contribution in [0.25, 0.3) is 6.08 Å². The number of hydrazine groups is 1. The summed E-state index contributed by atoms with van der Waals surface area (Å²) in [5.41, 5.74) is 5.80. The zero-order valence-corrected chi connectivity index (χ0v) is 15.4. The average Bonchev–Trinajstić information content (AvgIpc) is 3.02. The van der Waals surface area contributed by atoms with Gasteiger partial charge < -0.3 is 4.74 Å². The number of amides is 2. The van der Waals surface area contributed by atoms with E-state index in [0.717, 1.165) is 15.1 Å². The fourth-order valence-corrected chi connectivity index (χ4v) is 3.08. The monoisotopic (exact) mass is 408 g/mol. The molecular formula is C17H17BrN2O3S. The lowest BCUT2D eigenvalue weighted by atomic mass is 10.2. The van der Waals surface area contributed by atoms with Gasteiger partial charge in [0, 0.05) is 11.0 Å². The Morgan fingerprint density at radius 3 is 2.54 bits per heavy atom. The standard InChI is InChI=1S/C17H17BrN2O3S/c1-2-12-3-5-13(6-4-12)23-11-17(22)20-19-16(21)10-8-14-7-9-15(18)24-14/h3-10H,2,11H2,1H3,(H,19,21)(H,20,22)/b10-8+. The Hall–Kier alpha value is -2.12. The second-order valence-electron chi connectivity index (χ2n) is 4.80. The van der Waals surface area contributed by atoms with Gasteiger partial charge in [0.15, 0.2) is 6.61 Å². The topological polar surface area (TPSA) is 67.4 Å². The molecule has 0 aliphatic carbocycles. The number of halogens is 1. The predicted molar refractivity (Wildman–Crippen MR) is 98.7 cm³/mol. The van der Waals surface area contributed by atoms with E-state index in [1.165, 1.54) is 23.0 Å². The molecule has 0 bridgehead atoms. The van der Waals surface area contributed by atoms with Crippen molar-refractivity contribution in [2.24, 2.45) is 0 Å². The number of rotatable bonds is 6. The summed E-state index contributed by atoms with van der Waals surface area (Å²) in [5.74, 6) is -0.243. The molecule has 2 aromatic rings. The van der Waals surface area contributed by atoms with Crippen molar-refractivity contribution in [2.45, 2.75) is 13.3 Å². The number of carbonyl (C=O) groups excluding carboxylic acids is 2. The molecule has 2 rings (SSSR count). The number of carbonyl (C=O) groups is 2. The number of ether oxygens (including phenoxy) is 1. The Bertz CT molecular complexity index is 726. The second-order valence-corrected chi connectivity index (χ2v) is 7.29. The first-order chi connectivity index (χ1) is 11.6. The first-order valence-corrected chi connectivity index (χ1v) is 8.91. The first kappa shape index (κ1) is 18.2. The van der Waals surface area contributed by atoms with Crippen LogP contribution in [-0.2, 0) is 16.0 Å². The van der Waals surface area contributed by atoms with E-state index in [4.69, 9.17) is 4.74 Å². The van der Waals surface area contributed by atoms with Crippen LogP contribution in [0.2, 0.25) is 0 Å². The van der Waals surface area contributed by atoms with Gasteiger partial charge in [-0.05, 0) is 58.3 Å². The summed E-state index contributed by atoms with van der Waals surface area (Å²) >= 11 is 4.85. The molecule has 0 radical (unpaired) electrons. The number of nitrogens with one attached hydrogen (secondary N) is 2. The van der Waals surface area contributed by atoms with E-state index >= 15 is 0 Å². The minimum atomic E-state index is -0.435. The van der Waals surface area contributed by atoms with Gasteiger partial charge in [-0.3, -0.25) is 20.4 Å². The Labute approximate surface area is 152 Å². The van der Waals surface area contributed by atoms with Crippen LogP contribution in [0.4, 0.5) is 0 Å². The zero-order chi connectivity index (χ0) is 17.4. The quantitative estimate of drug-likeness (QED) is 0.568.